The summed E-state index contributed by atoms with van der Waals surface area (Å²) in [5, 5.41) is 2.27. The summed E-state index contributed by atoms with van der Waals surface area (Å²) in [5.41, 5.74) is -0.294. The number of carbonyl (C=O) groups excluding carboxylic acids is 1. The predicted octanol–water partition coefficient (Wildman–Crippen LogP) is 3.43. The average molecular weight is 436 g/mol. The Hall–Kier alpha value is -2.53. The number of amides is 1. The molecule has 0 spiro atoms. The highest BCUT2D eigenvalue weighted by Crippen LogP contribution is 2.27. The summed E-state index contributed by atoms with van der Waals surface area (Å²) in [7, 11) is -1.22. The number of nitrogens with zero attached hydrogens (tertiary/aromatic N) is 1. The molecule has 0 radical (unpaired) electrons. The van der Waals surface area contributed by atoms with E-state index in [0.717, 1.165) is 10.4 Å². The van der Waals surface area contributed by atoms with E-state index >= 15 is 0 Å². The number of aryl methyl sites for hydroxylation is 1. The van der Waals surface area contributed by atoms with Crippen LogP contribution in [0.5, 0.6) is 0 Å². The fraction of sp³-hybridized carbons (Fsp3) is 0.278. The van der Waals surface area contributed by atoms with Crippen LogP contribution in [-0.4, -0.2) is 32.7 Å². The molecule has 29 heavy (non-hydrogen) atoms. The highest BCUT2D eigenvalue weighted by molar-refractivity contribution is 7.89. The first-order valence-electron chi connectivity index (χ1n) is 8.13. The van der Waals surface area contributed by atoms with Gasteiger partial charge in [-0.25, -0.2) is 34.7 Å². The minimum atomic E-state index is -3.84. The standard InChI is InChI=1S/C18H17F5N2O3S/c1-8-5-10(29(27,28)25(3)4)6-12(9(8)2)24-13(26)7-11-14(19)16(21)18(23)17(22)15(11)20/h5-6H,7H2,1-4H3,(H,24,26). The second kappa shape index (κ2) is 8.07. The lowest BCUT2D eigenvalue weighted by molar-refractivity contribution is -0.115. The van der Waals surface area contributed by atoms with E-state index in [1.165, 1.54) is 20.2 Å². The maximum Gasteiger partial charge on any atom is 0.242 e. The number of carbonyl (C=O) groups is 1. The molecule has 11 heteroatoms. The first-order chi connectivity index (χ1) is 13.3. The largest absolute Gasteiger partial charge is 0.326 e. The van der Waals surface area contributed by atoms with E-state index in [9.17, 15) is 35.2 Å². The van der Waals surface area contributed by atoms with Crippen molar-refractivity contribution in [2.24, 2.45) is 0 Å². The SMILES string of the molecule is Cc1cc(S(=O)(=O)N(C)C)cc(NC(=O)Cc2c(F)c(F)c(F)c(F)c2F)c1C. The maximum atomic E-state index is 13.8. The van der Waals surface area contributed by atoms with E-state index in [-0.39, 0.29) is 10.6 Å². The summed E-state index contributed by atoms with van der Waals surface area (Å²) in [4.78, 5) is 12.1. The molecule has 1 amide bonds. The van der Waals surface area contributed by atoms with Crippen molar-refractivity contribution in [2.75, 3.05) is 19.4 Å². The van der Waals surface area contributed by atoms with Gasteiger partial charge in [0.2, 0.25) is 21.7 Å². The molecule has 0 saturated carbocycles. The normalized spacial score (nSPS) is 11.8. The topological polar surface area (TPSA) is 66.5 Å². The van der Waals surface area contributed by atoms with E-state index in [0.29, 0.717) is 11.1 Å². The summed E-state index contributed by atoms with van der Waals surface area (Å²) in [6, 6.07) is 2.53. The second-order valence-corrected chi connectivity index (χ2v) is 8.63. The fourth-order valence-corrected chi connectivity index (χ4v) is 3.49. The molecule has 0 saturated heterocycles. The summed E-state index contributed by atoms with van der Waals surface area (Å²) in [6.45, 7) is 3.15. The molecule has 0 aliphatic rings. The van der Waals surface area contributed by atoms with Crippen molar-refractivity contribution >= 4 is 21.6 Å². The minimum absolute atomic E-state index is 0.0271. The molecule has 158 valence electrons. The quantitative estimate of drug-likeness (QED) is 0.444. The van der Waals surface area contributed by atoms with Crippen LogP contribution >= 0.6 is 0 Å². The number of halogens is 5. The van der Waals surface area contributed by atoms with E-state index in [1.807, 2.05) is 0 Å². The van der Waals surface area contributed by atoms with Crippen molar-refractivity contribution in [3.63, 3.8) is 0 Å². The van der Waals surface area contributed by atoms with Crippen LogP contribution in [0, 0.1) is 42.9 Å². The Balaban J connectivity index is 2.42. The van der Waals surface area contributed by atoms with E-state index < -0.39 is 57.0 Å². The van der Waals surface area contributed by atoms with Crippen molar-refractivity contribution in [1.29, 1.82) is 0 Å². The summed E-state index contributed by atoms with van der Waals surface area (Å²) in [5.74, 6) is -11.9. The molecule has 2 rings (SSSR count). The Kier molecular flexibility index (Phi) is 6.33. The smallest absolute Gasteiger partial charge is 0.242 e. The van der Waals surface area contributed by atoms with Gasteiger partial charge in [-0.2, -0.15) is 0 Å². The molecule has 1 N–H and O–H groups in total. The minimum Gasteiger partial charge on any atom is -0.326 e. The fourth-order valence-electron chi connectivity index (χ4n) is 2.48. The summed E-state index contributed by atoms with van der Waals surface area (Å²) >= 11 is 0. The number of rotatable bonds is 5. The molecule has 0 aliphatic heterocycles. The molecule has 0 atom stereocenters. The van der Waals surface area contributed by atoms with Crippen molar-refractivity contribution in [3.05, 3.63) is 57.9 Å². The van der Waals surface area contributed by atoms with Crippen LogP contribution in [-0.2, 0) is 21.2 Å². The third-order valence-electron chi connectivity index (χ3n) is 4.33. The first kappa shape index (κ1) is 22.8. The third kappa shape index (κ3) is 4.25. The van der Waals surface area contributed by atoms with Crippen LogP contribution in [0.3, 0.4) is 0 Å². The van der Waals surface area contributed by atoms with Crippen LogP contribution in [0.2, 0.25) is 0 Å². The van der Waals surface area contributed by atoms with Gasteiger partial charge in [0, 0.05) is 25.3 Å². The molecule has 2 aromatic carbocycles. The number of nitrogens with one attached hydrogen (secondary N) is 1. The van der Waals surface area contributed by atoms with Crippen LogP contribution < -0.4 is 5.32 Å². The van der Waals surface area contributed by atoms with Gasteiger partial charge in [0.1, 0.15) is 0 Å². The van der Waals surface area contributed by atoms with Gasteiger partial charge in [-0.05, 0) is 37.1 Å². The van der Waals surface area contributed by atoms with E-state index in [1.54, 1.807) is 13.8 Å². The van der Waals surface area contributed by atoms with Gasteiger partial charge in [0.05, 0.1) is 11.3 Å². The Labute approximate surface area is 164 Å². The van der Waals surface area contributed by atoms with Gasteiger partial charge in [0.15, 0.2) is 23.3 Å². The highest BCUT2D eigenvalue weighted by atomic mass is 32.2. The zero-order valence-corrected chi connectivity index (χ0v) is 16.6. The molecule has 2 aromatic rings. The number of anilines is 1. The molecule has 0 fully saturated rings. The van der Waals surface area contributed by atoms with Gasteiger partial charge in [0.25, 0.3) is 0 Å². The number of sulfonamides is 1. The monoisotopic (exact) mass is 436 g/mol. The molecule has 0 aromatic heterocycles. The van der Waals surface area contributed by atoms with Crippen LogP contribution in [0.1, 0.15) is 16.7 Å². The number of hydrogen-bond acceptors (Lipinski definition) is 3. The lowest BCUT2D eigenvalue weighted by Crippen LogP contribution is -2.23. The van der Waals surface area contributed by atoms with E-state index in [2.05, 4.69) is 5.32 Å². The highest BCUT2D eigenvalue weighted by Gasteiger charge is 2.27. The van der Waals surface area contributed by atoms with Crippen LogP contribution in [0.25, 0.3) is 0 Å². The molecule has 0 heterocycles. The Morgan fingerprint density at radius 2 is 1.41 bits per heavy atom. The van der Waals surface area contributed by atoms with Crippen molar-refractivity contribution in [1.82, 2.24) is 4.31 Å². The summed E-state index contributed by atoms with van der Waals surface area (Å²) in [6.07, 6.45) is -1.14. The van der Waals surface area contributed by atoms with Crippen molar-refractivity contribution in [2.45, 2.75) is 25.2 Å². The average Bonchev–Trinajstić information content (AvgIpc) is 2.65. The summed E-state index contributed by atoms with van der Waals surface area (Å²) < 4.78 is 92.8. The molecular weight excluding hydrogens is 419 g/mol. The van der Waals surface area contributed by atoms with Gasteiger partial charge in [-0.1, -0.05) is 0 Å². The predicted molar refractivity (Wildman–Crippen MR) is 95.4 cm³/mol. The molecule has 0 bridgehead atoms. The van der Waals surface area contributed by atoms with Gasteiger partial charge < -0.3 is 5.32 Å². The lowest BCUT2D eigenvalue weighted by Gasteiger charge is -2.16. The van der Waals surface area contributed by atoms with Crippen LogP contribution in [0.15, 0.2) is 17.0 Å². The first-order valence-corrected chi connectivity index (χ1v) is 9.57. The number of benzene rings is 2. The molecule has 5 nitrogen and oxygen atoms in total. The second-order valence-electron chi connectivity index (χ2n) is 6.47. The third-order valence-corrected chi connectivity index (χ3v) is 6.12. The molecule has 0 aliphatic carbocycles. The Morgan fingerprint density at radius 3 is 1.90 bits per heavy atom. The van der Waals surface area contributed by atoms with E-state index in [4.69, 9.17) is 0 Å². The molecule has 0 unspecified atom stereocenters. The van der Waals surface area contributed by atoms with Crippen molar-refractivity contribution in [3.8, 4) is 0 Å². The lowest BCUT2D eigenvalue weighted by atomic mass is 10.1. The van der Waals surface area contributed by atoms with Gasteiger partial charge in [-0.3, -0.25) is 4.79 Å². The van der Waals surface area contributed by atoms with Gasteiger partial charge in [-0.15, -0.1) is 0 Å². The maximum absolute atomic E-state index is 13.8. The van der Waals surface area contributed by atoms with Crippen molar-refractivity contribution < 1.29 is 35.2 Å². The zero-order chi connectivity index (χ0) is 22.3. The Morgan fingerprint density at radius 1 is 0.931 bits per heavy atom. The zero-order valence-electron chi connectivity index (χ0n) is 15.8. The van der Waals surface area contributed by atoms with Gasteiger partial charge >= 0.3 is 0 Å². The molecular formula is C18H17F5N2O3S. The van der Waals surface area contributed by atoms with Crippen LogP contribution in [0.4, 0.5) is 27.6 Å². The Bertz CT molecular complexity index is 1070. The number of hydrogen-bond donors (Lipinski definition) is 1.